The molecule has 1 heterocycles. The molecule has 0 aliphatic heterocycles. The van der Waals surface area contributed by atoms with Crippen LogP contribution in [0.4, 0.5) is 0 Å². The first-order chi connectivity index (χ1) is 7.56. The van der Waals surface area contributed by atoms with Crippen LogP contribution in [0.25, 0.3) is 5.69 Å². The second kappa shape index (κ2) is 4.29. The highest BCUT2D eigenvalue weighted by molar-refractivity contribution is 8.00. The smallest absolute Gasteiger partial charge is 0.191 e. The Morgan fingerprint density at radius 1 is 1.12 bits per heavy atom. The highest BCUT2D eigenvalue weighted by atomic mass is 32.2. The largest absolute Gasteiger partial charge is 0.209 e. The fourth-order valence-corrected chi connectivity index (χ4v) is 2.21. The van der Waals surface area contributed by atoms with Gasteiger partial charge in [-0.3, -0.25) is 0 Å². The molecule has 0 atom stereocenters. The molecule has 0 radical (unpaired) electrons. The van der Waals surface area contributed by atoms with Crippen molar-refractivity contribution in [2.45, 2.75) is 30.7 Å². The van der Waals surface area contributed by atoms with Gasteiger partial charge in [0.25, 0.3) is 0 Å². The van der Waals surface area contributed by atoms with Crippen LogP contribution in [0.2, 0.25) is 0 Å². The number of nitrogens with zero attached hydrogens (tertiary/aromatic N) is 3. The van der Waals surface area contributed by atoms with Crippen LogP contribution in [0.1, 0.15) is 20.8 Å². The van der Waals surface area contributed by atoms with Crippen LogP contribution in [0.5, 0.6) is 0 Å². The van der Waals surface area contributed by atoms with Gasteiger partial charge in [-0.15, -0.1) is 0 Å². The van der Waals surface area contributed by atoms with E-state index in [2.05, 4.69) is 30.9 Å². The fourth-order valence-electron chi connectivity index (χ4n) is 1.32. The third kappa shape index (κ3) is 2.64. The summed E-state index contributed by atoms with van der Waals surface area (Å²) in [5, 5.41) is 5.18. The summed E-state index contributed by atoms with van der Waals surface area (Å²) in [6, 6.07) is 10.1. The first-order valence-electron chi connectivity index (χ1n) is 5.21. The number of benzene rings is 1. The van der Waals surface area contributed by atoms with Crippen LogP contribution >= 0.6 is 11.8 Å². The zero-order chi connectivity index (χ0) is 11.6. The summed E-state index contributed by atoms with van der Waals surface area (Å²) in [4.78, 5) is 4.29. The molecule has 0 saturated carbocycles. The normalized spacial score (nSPS) is 11.7. The molecule has 0 spiro atoms. The van der Waals surface area contributed by atoms with Crippen molar-refractivity contribution in [1.82, 2.24) is 14.8 Å². The van der Waals surface area contributed by atoms with E-state index < -0.39 is 0 Å². The number of para-hydroxylation sites is 1. The molecule has 0 unspecified atom stereocenters. The molecule has 2 aromatic rings. The Kier molecular flexibility index (Phi) is 3.01. The molecule has 2 rings (SSSR count). The van der Waals surface area contributed by atoms with E-state index in [0.29, 0.717) is 0 Å². The van der Waals surface area contributed by atoms with Crippen molar-refractivity contribution in [3.05, 3.63) is 36.7 Å². The van der Waals surface area contributed by atoms with E-state index in [1.54, 1.807) is 18.1 Å². The van der Waals surface area contributed by atoms with E-state index in [1.165, 1.54) is 0 Å². The van der Waals surface area contributed by atoms with Crippen molar-refractivity contribution < 1.29 is 0 Å². The number of thioether (sulfide) groups is 1. The van der Waals surface area contributed by atoms with Crippen molar-refractivity contribution in [2.24, 2.45) is 0 Å². The van der Waals surface area contributed by atoms with Gasteiger partial charge in [0.1, 0.15) is 6.33 Å². The van der Waals surface area contributed by atoms with Crippen molar-refractivity contribution in [2.75, 3.05) is 0 Å². The molecule has 3 nitrogen and oxygen atoms in total. The first-order valence-corrected chi connectivity index (χ1v) is 6.02. The lowest BCUT2D eigenvalue weighted by Gasteiger charge is -2.16. The van der Waals surface area contributed by atoms with Crippen LogP contribution in [0, 0.1) is 0 Å². The molecule has 1 aromatic carbocycles. The number of rotatable bonds is 2. The summed E-state index contributed by atoms with van der Waals surface area (Å²) in [5.41, 5.74) is 1.05. The van der Waals surface area contributed by atoms with Gasteiger partial charge in [-0.1, -0.05) is 50.7 Å². The van der Waals surface area contributed by atoms with E-state index >= 15 is 0 Å². The molecule has 0 bridgehead atoms. The van der Waals surface area contributed by atoms with E-state index in [4.69, 9.17) is 0 Å². The van der Waals surface area contributed by atoms with Gasteiger partial charge in [0.05, 0.1) is 5.69 Å². The maximum absolute atomic E-state index is 4.29. The molecule has 84 valence electrons. The Morgan fingerprint density at radius 2 is 1.81 bits per heavy atom. The summed E-state index contributed by atoms with van der Waals surface area (Å²) < 4.78 is 2.01. The predicted molar refractivity (Wildman–Crippen MR) is 67.0 cm³/mol. The Hall–Kier alpha value is -1.29. The van der Waals surface area contributed by atoms with Gasteiger partial charge < -0.3 is 0 Å². The lowest BCUT2D eigenvalue weighted by atomic mass is 10.3. The van der Waals surface area contributed by atoms with Gasteiger partial charge in [0, 0.05) is 4.75 Å². The molecular weight excluding hydrogens is 218 g/mol. The summed E-state index contributed by atoms with van der Waals surface area (Å²) >= 11 is 1.72. The lowest BCUT2D eigenvalue weighted by Crippen LogP contribution is -2.10. The Bertz CT molecular complexity index is 457. The molecule has 0 saturated heterocycles. The van der Waals surface area contributed by atoms with Crippen LogP contribution in [-0.2, 0) is 0 Å². The van der Waals surface area contributed by atoms with Gasteiger partial charge >= 0.3 is 0 Å². The molecule has 0 aliphatic rings. The topological polar surface area (TPSA) is 30.7 Å². The van der Waals surface area contributed by atoms with Crippen LogP contribution < -0.4 is 0 Å². The van der Waals surface area contributed by atoms with E-state index in [-0.39, 0.29) is 4.75 Å². The third-order valence-electron chi connectivity index (χ3n) is 1.91. The first kappa shape index (κ1) is 11.2. The average Bonchev–Trinajstić information content (AvgIpc) is 2.64. The number of hydrogen-bond donors (Lipinski definition) is 0. The highest BCUT2D eigenvalue weighted by Crippen LogP contribution is 2.31. The highest BCUT2D eigenvalue weighted by Gasteiger charge is 2.17. The van der Waals surface area contributed by atoms with E-state index in [9.17, 15) is 0 Å². The second-order valence-electron chi connectivity index (χ2n) is 4.50. The SMILES string of the molecule is CC(C)(C)Sc1ncnn1-c1ccccc1. The minimum Gasteiger partial charge on any atom is -0.209 e. The fraction of sp³-hybridized carbons (Fsp3) is 0.333. The molecule has 4 heteroatoms. The van der Waals surface area contributed by atoms with Gasteiger partial charge in [0.2, 0.25) is 0 Å². The third-order valence-corrected chi connectivity index (χ3v) is 2.99. The molecule has 0 aliphatic carbocycles. The Labute approximate surface area is 99.9 Å². The molecule has 16 heavy (non-hydrogen) atoms. The maximum Gasteiger partial charge on any atom is 0.191 e. The Balaban J connectivity index is 2.33. The zero-order valence-electron chi connectivity index (χ0n) is 9.71. The van der Waals surface area contributed by atoms with Gasteiger partial charge in [0.15, 0.2) is 5.16 Å². The average molecular weight is 233 g/mol. The van der Waals surface area contributed by atoms with Crippen LogP contribution in [0.15, 0.2) is 41.8 Å². The molecule has 0 fully saturated rings. The lowest BCUT2D eigenvalue weighted by molar-refractivity contribution is 0.754. The van der Waals surface area contributed by atoms with Gasteiger partial charge in [-0.05, 0) is 12.1 Å². The summed E-state index contributed by atoms with van der Waals surface area (Å²) in [6.07, 6.45) is 1.60. The number of hydrogen-bond acceptors (Lipinski definition) is 3. The van der Waals surface area contributed by atoms with E-state index in [1.807, 2.05) is 35.0 Å². The quantitative estimate of drug-likeness (QED) is 0.746. The zero-order valence-corrected chi connectivity index (χ0v) is 10.5. The molecule has 1 aromatic heterocycles. The molecular formula is C12H15N3S. The maximum atomic E-state index is 4.29. The second-order valence-corrected chi connectivity index (χ2v) is 6.30. The van der Waals surface area contributed by atoms with Crippen molar-refractivity contribution >= 4 is 11.8 Å². The monoisotopic (exact) mass is 233 g/mol. The summed E-state index contributed by atoms with van der Waals surface area (Å²) in [6.45, 7) is 6.51. The summed E-state index contributed by atoms with van der Waals surface area (Å²) in [7, 11) is 0. The van der Waals surface area contributed by atoms with Gasteiger partial charge in [-0.2, -0.15) is 5.10 Å². The van der Waals surface area contributed by atoms with Crippen LogP contribution in [-0.4, -0.2) is 19.5 Å². The van der Waals surface area contributed by atoms with Crippen molar-refractivity contribution in [3.63, 3.8) is 0 Å². The minimum absolute atomic E-state index is 0.138. The van der Waals surface area contributed by atoms with Crippen molar-refractivity contribution in [3.8, 4) is 5.69 Å². The van der Waals surface area contributed by atoms with Gasteiger partial charge in [-0.25, -0.2) is 9.67 Å². The van der Waals surface area contributed by atoms with Crippen LogP contribution in [0.3, 0.4) is 0 Å². The predicted octanol–water partition coefficient (Wildman–Crippen LogP) is 3.16. The summed E-state index contributed by atoms with van der Waals surface area (Å²) in [5.74, 6) is 0. The standard InChI is InChI=1S/C12H15N3S/c1-12(2,3)16-11-13-9-14-15(11)10-7-5-4-6-8-10/h4-9H,1-3H3. The molecule has 0 amide bonds. The van der Waals surface area contributed by atoms with E-state index in [0.717, 1.165) is 10.8 Å². The number of aromatic nitrogens is 3. The Morgan fingerprint density at radius 3 is 2.44 bits per heavy atom. The van der Waals surface area contributed by atoms with Crippen molar-refractivity contribution in [1.29, 1.82) is 0 Å². The minimum atomic E-state index is 0.138. The molecule has 0 N–H and O–H groups in total.